The quantitative estimate of drug-likeness (QED) is 0.695. The number of hydrogen-bond donors (Lipinski definition) is 1. The molecular weight excluding hydrogens is 365 g/mol. The van der Waals surface area contributed by atoms with E-state index >= 15 is 0 Å². The third-order valence-electron chi connectivity index (χ3n) is 4.73. The molecule has 1 atom stereocenters. The van der Waals surface area contributed by atoms with Crippen LogP contribution in [-0.2, 0) is 6.42 Å². The molecule has 6 heteroatoms. The molecule has 0 saturated heterocycles. The maximum atomic E-state index is 12.9. The number of fused-ring (bicyclic) bond motifs is 1. The summed E-state index contributed by atoms with van der Waals surface area (Å²) in [7, 11) is 0. The number of alkyl halides is 3. The Morgan fingerprint density at radius 3 is 2.25 bits per heavy atom. The SMILES string of the molecule is OC1=[n+]2cc(-c3ccccc3)nc(Cc3ccccc3)c2=CC1CC(F)(F)F. The van der Waals surface area contributed by atoms with Crippen molar-refractivity contribution in [3.8, 4) is 11.3 Å². The Morgan fingerprint density at radius 2 is 1.61 bits per heavy atom. The van der Waals surface area contributed by atoms with E-state index in [9.17, 15) is 18.3 Å². The van der Waals surface area contributed by atoms with E-state index in [4.69, 9.17) is 4.98 Å². The molecule has 0 saturated carbocycles. The molecule has 1 unspecified atom stereocenters. The molecule has 1 aliphatic rings. The number of halogens is 3. The van der Waals surface area contributed by atoms with Crippen molar-refractivity contribution in [2.45, 2.75) is 19.0 Å². The van der Waals surface area contributed by atoms with Gasteiger partial charge in [0.15, 0.2) is 0 Å². The molecule has 1 N–H and O–H groups in total. The van der Waals surface area contributed by atoms with E-state index in [1.54, 1.807) is 6.20 Å². The lowest BCUT2D eigenvalue weighted by atomic mass is 10.0. The van der Waals surface area contributed by atoms with Crippen LogP contribution in [-0.4, -0.2) is 16.3 Å². The first-order valence-electron chi connectivity index (χ1n) is 8.93. The van der Waals surface area contributed by atoms with Gasteiger partial charge < -0.3 is 5.11 Å². The van der Waals surface area contributed by atoms with Gasteiger partial charge in [-0.25, -0.2) is 4.98 Å². The fourth-order valence-corrected chi connectivity index (χ4v) is 3.44. The van der Waals surface area contributed by atoms with Crippen LogP contribution in [0.15, 0.2) is 66.9 Å². The maximum absolute atomic E-state index is 12.9. The van der Waals surface area contributed by atoms with Gasteiger partial charge in [-0.2, -0.15) is 13.2 Å². The van der Waals surface area contributed by atoms with Crippen molar-refractivity contribution in [2.24, 2.45) is 5.92 Å². The molecular formula is C22H18F3N2O+. The Kier molecular flexibility index (Phi) is 4.63. The number of aromatic nitrogens is 2. The summed E-state index contributed by atoms with van der Waals surface area (Å²) in [5, 5.41) is 11.0. The molecule has 4 rings (SSSR count). The zero-order chi connectivity index (χ0) is 19.7. The summed E-state index contributed by atoms with van der Waals surface area (Å²) in [5.41, 5.74) is 3.06. The van der Waals surface area contributed by atoms with Gasteiger partial charge in [0.2, 0.25) is 11.5 Å². The second-order valence-corrected chi connectivity index (χ2v) is 6.81. The zero-order valence-corrected chi connectivity index (χ0v) is 14.9. The van der Waals surface area contributed by atoms with Gasteiger partial charge in [-0.05, 0) is 5.56 Å². The third-order valence-corrected chi connectivity index (χ3v) is 4.73. The molecule has 28 heavy (non-hydrogen) atoms. The van der Waals surface area contributed by atoms with Crippen LogP contribution < -0.4 is 9.59 Å². The average Bonchev–Trinajstić information content (AvgIpc) is 2.98. The van der Waals surface area contributed by atoms with Gasteiger partial charge in [-0.1, -0.05) is 60.7 Å². The normalized spacial score (nSPS) is 16.0. The van der Waals surface area contributed by atoms with E-state index in [1.165, 1.54) is 10.3 Å². The Bertz CT molecular complexity index is 1110. The van der Waals surface area contributed by atoms with Crippen molar-refractivity contribution in [2.75, 3.05) is 0 Å². The second kappa shape index (κ2) is 7.11. The average molecular weight is 383 g/mol. The van der Waals surface area contributed by atoms with Crippen LogP contribution in [0.25, 0.3) is 17.3 Å². The zero-order valence-electron chi connectivity index (χ0n) is 14.9. The number of aliphatic hydroxyl groups is 1. The molecule has 3 aromatic rings. The first kappa shape index (κ1) is 18.2. The Balaban J connectivity index is 1.88. The fraction of sp³-hybridized carbons (Fsp3) is 0.182. The van der Waals surface area contributed by atoms with Crippen LogP contribution in [0.5, 0.6) is 0 Å². The van der Waals surface area contributed by atoms with Crippen LogP contribution in [0.4, 0.5) is 13.2 Å². The van der Waals surface area contributed by atoms with Gasteiger partial charge in [0.05, 0.1) is 6.42 Å². The summed E-state index contributed by atoms with van der Waals surface area (Å²) in [6.07, 6.45) is -1.96. The molecule has 1 aliphatic heterocycles. The van der Waals surface area contributed by atoms with Crippen molar-refractivity contribution < 1.29 is 22.5 Å². The van der Waals surface area contributed by atoms with Crippen molar-refractivity contribution in [1.29, 1.82) is 0 Å². The number of nitrogens with zero attached hydrogens (tertiary/aromatic N) is 2. The van der Waals surface area contributed by atoms with Crippen molar-refractivity contribution in [3.63, 3.8) is 0 Å². The molecule has 2 heterocycles. The first-order valence-corrected chi connectivity index (χ1v) is 8.93. The molecule has 0 amide bonds. The topological polar surface area (TPSA) is 39.0 Å². The maximum Gasteiger partial charge on any atom is 0.390 e. The minimum absolute atomic E-state index is 0.318. The lowest BCUT2D eigenvalue weighted by molar-refractivity contribution is -0.556. The minimum atomic E-state index is -4.37. The van der Waals surface area contributed by atoms with Crippen molar-refractivity contribution in [3.05, 3.63) is 89.4 Å². The van der Waals surface area contributed by atoms with Crippen LogP contribution in [0, 0.1) is 11.8 Å². The highest BCUT2D eigenvalue weighted by Gasteiger charge is 2.39. The van der Waals surface area contributed by atoms with Gasteiger partial charge in [-0.3, -0.25) is 0 Å². The summed E-state index contributed by atoms with van der Waals surface area (Å²) < 4.78 is 40.2. The van der Waals surface area contributed by atoms with E-state index in [-0.39, 0.29) is 5.90 Å². The Labute approximate surface area is 159 Å². The number of benzene rings is 2. The molecule has 0 bridgehead atoms. The first-order chi connectivity index (χ1) is 13.4. The molecule has 142 valence electrons. The molecule has 0 radical (unpaired) electrons. The lowest BCUT2D eigenvalue weighted by Gasteiger charge is -2.07. The van der Waals surface area contributed by atoms with Crippen molar-refractivity contribution in [1.82, 2.24) is 4.98 Å². The van der Waals surface area contributed by atoms with E-state index in [1.807, 2.05) is 60.7 Å². The number of rotatable bonds is 4. The predicted molar refractivity (Wildman–Crippen MR) is 98.6 cm³/mol. The van der Waals surface area contributed by atoms with E-state index in [2.05, 4.69) is 0 Å². The summed E-state index contributed by atoms with van der Waals surface area (Å²) >= 11 is 0. The number of aliphatic hydroxyl groups excluding tert-OH is 1. The smallest absolute Gasteiger partial charge is 0.390 e. The highest BCUT2D eigenvalue weighted by atomic mass is 19.4. The van der Waals surface area contributed by atoms with E-state index < -0.39 is 18.5 Å². The predicted octanol–water partition coefficient (Wildman–Crippen LogP) is 3.89. The highest BCUT2D eigenvalue weighted by molar-refractivity contribution is 5.57. The van der Waals surface area contributed by atoms with Crippen LogP contribution in [0.3, 0.4) is 0 Å². The van der Waals surface area contributed by atoms with Crippen LogP contribution >= 0.6 is 0 Å². The largest absolute Gasteiger partial charge is 0.462 e. The second-order valence-electron chi connectivity index (χ2n) is 6.81. The van der Waals surface area contributed by atoms with Gasteiger partial charge >= 0.3 is 12.1 Å². The minimum Gasteiger partial charge on any atom is -0.462 e. The van der Waals surface area contributed by atoms with Gasteiger partial charge in [0.1, 0.15) is 17.3 Å². The summed E-state index contributed by atoms with van der Waals surface area (Å²) in [4.78, 5) is 4.72. The van der Waals surface area contributed by atoms with E-state index in [0.717, 1.165) is 11.1 Å². The fourth-order valence-electron chi connectivity index (χ4n) is 3.44. The van der Waals surface area contributed by atoms with Crippen LogP contribution in [0.1, 0.15) is 17.7 Å². The molecule has 3 nitrogen and oxygen atoms in total. The molecule has 0 aliphatic carbocycles. The van der Waals surface area contributed by atoms with Gasteiger partial charge in [0, 0.05) is 18.1 Å². The summed E-state index contributed by atoms with van der Waals surface area (Å²) in [6, 6.07) is 19.0. The highest BCUT2D eigenvalue weighted by Crippen LogP contribution is 2.28. The van der Waals surface area contributed by atoms with E-state index in [0.29, 0.717) is 23.2 Å². The lowest BCUT2D eigenvalue weighted by Crippen LogP contribution is -2.41. The van der Waals surface area contributed by atoms with Crippen molar-refractivity contribution >= 4 is 6.08 Å². The molecule has 1 aromatic heterocycles. The number of hydrogen-bond acceptors (Lipinski definition) is 2. The monoisotopic (exact) mass is 383 g/mol. The molecule has 0 spiro atoms. The Hall–Kier alpha value is -3.15. The Morgan fingerprint density at radius 1 is 0.964 bits per heavy atom. The standard InChI is InChI=1S/C22H17F3N2O/c23-22(24,25)13-17-12-20-18(11-15-7-3-1-4-8-15)26-19(14-27(20)21(17)28)16-9-5-2-6-10-16/h1-10,12,14,17H,11,13H2/p+1. The summed E-state index contributed by atoms with van der Waals surface area (Å²) in [6.45, 7) is 0. The van der Waals surface area contributed by atoms with Crippen LogP contribution in [0.2, 0.25) is 0 Å². The van der Waals surface area contributed by atoms with Gasteiger partial charge in [0.25, 0.3) is 0 Å². The molecule has 2 aromatic carbocycles. The van der Waals surface area contributed by atoms with Gasteiger partial charge in [-0.15, -0.1) is 4.24 Å². The summed E-state index contributed by atoms with van der Waals surface area (Å²) in [5.74, 6) is -1.43. The molecule has 0 fully saturated rings. The third kappa shape index (κ3) is 3.76.